The highest BCUT2D eigenvalue weighted by Crippen LogP contribution is 2.30. The van der Waals surface area contributed by atoms with Gasteiger partial charge in [-0.15, -0.1) is 11.3 Å². The number of piperidine rings is 1. The summed E-state index contributed by atoms with van der Waals surface area (Å²) in [5.74, 6) is 0. The topological polar surface area (TPSA) is 16.1 Å². The van der Waals surface area contributed by atoms with Crippen molar-refractivity contribution in [1.82, 2.24) is 4.98 Å². The minimum absolute atomic E-state index is 0.724. The van der Waals surface area contributed by atoms with E-state index in [-0.39, 0.29) is 0 Å². The van der Waals surface area contributed by atoms with Crippen LogP contribution in [0, 0.1) is 0 Å². The molecular weight excluding hydrogens is 272 g/mol. The lowest BCUT2D eigenvalue weighted by Crippen LogP contribution is -2.39. The average molecular weight is 289 g/mol. The Hall–Kier alpha value is -0.0900. The van der Waals surface area contributed by atoms with Gasteiger partial charge in [0, 0.05) is 18.0 Å². The lowest BCUT2D eigenvalue weighted by molar-refractivity contribution is 0.434. The Balaban J connectivity index is 2.10. The van der Waals surface area contributed by atoms with Crippen molar-refractivity contribution in [2.24, 2.45) is 0 Å². The van der Waals surface area contributed by atoms with Gasteiger partial charge in [-0.2, -0.15) is 0 Å². The van der Waals surface area contributed by atoms with Crippen molar-refractivity contribution in [2.45, 2.75) is 45.1 Å². The van der Waals surface area contributed by atoms with Crippen molar-refractivity contribution >= 4 is 32.4 Å². The van der Waals surface area contributed by atoms with E-state index in [9.17, 15) is 0 Å². The van der Waals surface area contributed by atoms with Crippen molar-refractivity contribution in [3.63, 3.8) is 0 Å². The van der Waals surface area contributed by atoms with E-state index in [1.807, 2.05) is 0 Å². The number of anilines is 1. The van der Waals surface area contributed by atoms with Crippen molar-refractivity contribution in [3.05, 3.63) is 9.98 Å². The first-order valence-corrected chi connectivity index (χ1v) is 7.36. The van der Waals surface area contributed by atoms with Gasteiger partial charge in [-0.25, -0.2) is 4.98 Å². The second kappa shape index (κ2) is 5.30. The lowest BCUT2D eigenvalue weighted by atomic mass is 9.99. The molecule has 1 aliphatic rings. The molecule has 15 heavy (non-hydrogen) atoms. The van der Waals surface area contributed by atoms with Crippen LogP contribution in [0.25, 0.3) is 0 Å². The van der Waals surface area contributed by atoms with Crippen LogP contribution in [0.3, 0.4) is 0 Å². The zero-order chi connectivity index (χ0) is 10.7. The van der Waals surface area contributed by atoms with Crippen LogP contribution in [0.15, 0.2) is 9.98 Å². The summed E-state index contributed by atoms with van der Waals surface area (Å²) in [6.45, 7) is 3.45. The molecule has 2 rings (SSSR count). The quantitative estimate of drug-likeness (QED) is 0.834. The summed E-state index contributed by atoms with van der Waals surface area (Å²) < 4.78 is 0.975. The average Bonchev–Trinajstić information content (AvgIpc) is 2.66. The first-order chi connectivity index (χ1) is 7.31. The third-order valence-electron chi connectivity index (χ3n) is 2.96. The maximum atomic E-state index is 4.53. The summed E-state index contributed by atoms with van der Waals surface area (Å²) in [5, 5.41) is 3.27. The number of thiazole rings is 1. The zero-order valence-electron chi connectivity index (χ0n) is 9.08. The Morgan fingerprint density at radius 3 is 3.13 bits per heavy atom. The summed E-state index contributed by atoms with van der Waals surface area (Å²) in [5.41, 5.74) is 0. The normalized spacial score (nSPS) is 22.0. The summed E-state index contributed by atoms with van der Waals surface area (Å²) in [7, 11) is 0. The standard InChI is InChI=1S/C11H17BrN2S/c1-2-5-9-6-3-4-7-14(9)11-13-10(12)8-15-11/h8-9H,2-7H2,1H3/t9-/m0/s1. The first kappa shape index (κ1) is 11.4. The summed E-state index contributed by atoms with van der Waals surface area (Å²) >= 11 is 5.18. The number of hydrogen-bond acceptors (Lipinski definition) is 3. The maximum absolute atomic E-state index is 4.53. The van der Waals surface area contributed by atoms with E-state index in [1.165, 1.54) is 43.8 Å². The van der Waals surface area contributed by atoms with Gasteiger partial charge in [0.15, 0.2) is 5.13 Å². The molecular formula is C11H17BrN2S. The zero-order valence-corrected chi connectivity index (χ0v) is 11.5. The van der Waals surface area contributed by atoms with Crippen molar-refractivity contribution in [2.75, 3.05) is 11.4 Å². The van der Waals surface area contributed by atoms with E-state index in [4.69, 9.17) is 0 Å². The number of hydrogen-bond donors (Lipinski definition) is 0. The summed E-state index contributed by atoms with van der Waals surface area (Å²) in [6.07, 6.45) is 6.61. The van der Waals surface area contributed by atoms with Gasteiger partial charge in [0.2, 0.25) is 0 Å². The molecule has 0 saturated carbocycles. The minimum Gasteiger partial charge on any atom is -0.345 e. The third-order valence-corrected chi connectivity index (χ3v) is 4.55. The molecule has 0 unspecified atom stereocenters. The van der Waals surface area contributed by atoms with Gasteiger partial charge >= 0.3 is 0 Å². The predicted octanol–water partition coefficient (Wildman–Crippen LogP) is 4.06. The van der Waals surface area contributed by atoms with Gasteiger partial charge in [-0.05, 0) is 41.6 Å². The van der Waals surface area contributed by atoms with Gasteiger partial charge in [-0.3, -0.25) is 0 Å². The first-order valence-electron chi connectivity index (χ1n) is 5.69. The minimum atomic E-state index is 0.724. The molecule has 0 N–H and O–H groups in total. The van der Waals surface area contributed by atoms with Gasteiger partial charge in [0.05, 0.1) is 0 Å². The van der Waals surface area contributed by atoms with E-state index in [0.29, 0.717) is 0 Å². The van der Waals surface area contributed by atoms with Crippen LogP contribution in [-0.2, 0) is 0 Å². The largest absolute Gasteiger partial charge is 0.345 e. The fourth-order valence-corrected chi connectivity index (χ4v) is 3.61. The second-order valence-corrected chi connectivity index (χ2v) is 5.73. The van der Waals surface area contributed by atoms with Crippen molar-refractivity contribution in [3.8, 4) is 0 Å². The Bertz CT molecular complexity index is 311. The molecule has 1 atom stereocenters. The van der Waals surface area contributed by atoms with Gasteiger partial charge in [0.1, 0.15) is 4.60 Å². The SMILES string of the molecule is CCC[C@H]1CCCCN1c1nc(Br)cs1. The Morgan fingerprint density at radius 2 is 2.47 bits per heavy atom. The molecule has 1 saturated heterocycles. The molecule has 2 nitrogen and oxygen atoms in total. The molecule has 0 aliphatic carbocycles. The molecule has 1 aromatic rings. The van der Waals surface area contributed by atoms with E-state index in [1.54, 1.807) is 11.3 Å². The Kier molecular flexibility index (Phi) is 4.03. The van der Waals surface area contributed by atoms with Crippen LogP contribution < -0.4 is 4.90 Å². The smallest absolute Gasteiger partial charge is 0.186 e. The molecule has 0 bridgehead atoms. The second-order valence-electron chi connectivity index (χ2n) is 4.08. The van der Waals surface area contributed by atoms with Gasteiger partial charge < -0.3 is 4.90 Å². The molecule has 84 valence electrons. The van der Waals surface area contributed by atoms with Crippen LogP contribution >= 0.6 is 27.3 Å². The van der Waals surface area contributed by atoms with E-state index < -0.39 is 0 Å². The number of nitrogens with zero attached hydrogens (tertiary/aromatic N) is 2. The molecule has 1 aromatic heterocycles. The summed E-state index contributed by atoms with van der Waals surface area (Å²) in [4.78, 5) is 7.03. The predicted molar refractivity (Wildman–Crippen MR) is 69.7 cm³/mol. The molecule has 0 aromatic carbocycles. The fourth-order valence-electron chi connectivity index (χ4n) is 2.26. The van der Waals surface area contributed by atoms with Crippen molar-refractivity contribution in [1.29, 1.82) is 0 Å². The molecule has 0 amide bonds. The van der Waals surface area contributed by atoms with Gasteiger partial charge in [0.25, 0.3) is 0 Å². The van der Waals surface area contributed by atoms with Crippen LogP contribution in [0.4, 0.5) is 5.13 Å². The molecule has 0 radical (unpaired) electrons. The highest BCUT2D eigenvalue weighted by Gasteiger charge is 2.23. The van der Waals surface area contributed by atoms with Crippen molar-refractivity contribution < 1.29 is 0 Å². The lowest BCUT2D eigenvalue weighted by Gasteiger charge is -2.35. The Labute approximate surface area is 104 Å². The maximum Gasteiger partial charge on any atom is 0.186 e. The van der Waals surface area contributed by atoms with Crippen LogP contribution in [0.1, 0.15) is 39.0 Å². The third kappa shape index (κ3) is 2.72. The number of aromatic nitrogens is 1. The monoisotopic (exact) mass is 288 g/mol. The molecule has 0 spiro atoms. The molecule has 1 fully saturated rings. The van der Waals surface area contributed by atoms with Crippen LogP contribution in [0.5, 0.6) is 0 Å². The molecule has 4 heteroatoms. The molecule has 2 heterocycles. The van der Waals surface area contributed by atoms with E-state index in [2.05, 4.69) is 38.1 Å². The van der Waals surface area contributed by atoms with Gasteiger partial charge in [-0.1, -0.05) is 13.3 Å². The number of rotatable bonds is 3. The van der Waals surface area contributed by atoms with E-state index in [0.717, 1.165) is 10.6 Å². The molecule has 1 aliphatic heterocycles. The highest BCUT2D eigenvalue weighted by atomic mass is 79.9. The van der Waals surface area contributed by atoms with Crippen LogP contribution in [-0.4, -0.2) is 17.6 Å². The van der Waals surface area contributed by atoms with Crippen LogP contribution in [0.2, 0.25) is 0 Å². The fraction of sp³-hybridized carbons (Fsp3) is 0.727. The van der Waals surface area contributed by atoms with E-state index >= 15 is 0 Å². The highest BCUT2D eigenvalue weighted by molar-refractivity contribution is 9.10. The Morgan fingerprint density at radius 1 is 1.60 bits per heavy atom. The number of halogens is 1. The summed E-state index contributed by atoms with van der Waals surface area (Å²) in [6, 6.07) is 0.724.